The number of terminal acetylenes is 1. The first-order valence-corrected chi connectivity index (χ1v) is 4.69. The average Bonchev–Trinajstić information content (AvgIpc) is 2.21. The van der Waals surface area contributed by atoms with E-state index in [1.54, 1.807) is 20.1 Å². The van der Waals surface area contributed by atoms with Gasteiger partial charge in [-0.25, -0.2) is 4.79 Å². The summed E-state index contributed by atoms with van der Waals surface area (Å²) in [7, 11) is 1.54. The zero-order chi connectivity index (χ0) is 11.8. The summed E-state index contributed by atoms with van der Waals surface area (Å²) in [6.45, 7) is 3.63. The van der Waals surface area contributed by atoms with E-state index in [2.05, 4.69) is 5.92 Å². The highest BCUT2D eigenvalue weighted by molar-refractivity contribution is 5.78. The molecule has 0 heterocycles. The maximum atomic E-state index is 11.3. The lowest BCUT2D eigenvalue weighted by Crippen LogP contribution is -2.31. The normalized spacial score (nSPS) is 15.5. The number of hydrogen-bond donors (Lipinski definition) is 0. The summed E-state index contributed by atoms with van der Waals surface area (Å²) in [6, 6.07) is 1.68. The predicted molar refractivity (Wildman–Crippen MR) is 54.6 cm³/mol. The quantitative estimate of drug-likeness (QED) is 0.503. The third kappa shape index (κ3) is 4.01. The summed E-state index contributed by atoms with van der Waals surface area (Å²) in [5.41, 5.74) is 0. The fraction of sp³-hybridized carbons (Fsp3) is 0.636. The number of rotatable bonds is 5. The van der Waals surface area contributed by atoms with Crippen molar-refractivity contribution >= 4 is 5.97 Å². The van der Waals surface area contributed by atoms with Crippen molar-refractivity contribution in [2.45, 2.75) is 32.5 Å². The molecule has 0 aromatic heterocycles. The smallest absolute Gasteiger partial charge is 0.336 e. The minimum Gasteiger partial charge on any atom is -0.458 e. The highest BCUT2D eigenvalue weighted by atomic mass is 16.6. The Hall–Kier alpha value is -1.52. The SMILES string of the molecule is C#CC(C#N)C(=O)OC(C)C(CC)OC. The molecule has 82 valence electrons. The lowest BCUT2D eigenvalue weighted by atomic mass is 10.1. The van der Waals surface area contributed by atoms with Crippen molar-refractivity contribution in [2.75, 3.05) is 7.11 Å². The Kier molecular flexibility index (Phi) is 6.17. The molecule has 0 aliphatic rings. The van der Waals surface area contributed by atoms with Crippen LogP contribution < -0.4 is 0 Å². The maximum absolute atomic E-state index is 11.3. The van der Waals surface area contributed by atoms with Crippen LogP contribution >= 0.6 is 0 Å². The predicted octanol–water partition coefficient (Wildman–Crippen LogP) is 1.12. The largest absolute Gasteiger partial charge is 0.458 e. The van der Waals surface area contributed by atoms with E-state index in [0.29, 0.717) is 0 Å². The number of nitriles is 1. The van der Waals surface area contributed by atoms with Gasteiger partial charge in [0.1, 0.15) is 6.10 Å². The van der Waals surface area contributed by atoms with Gasteiger partial charge in [-0.3, -0.25) is 0 Å². The molecule has 0 rings (SSSR count). The number of hydrogen-bond acceptors (Lipinski definition) is 4. The molecular formula is C11H15NO3. The molecule has 0 fully saturated rings. The summed E-state index contributed by atoms with van der Waals surface area (Å²) >= 11 is 0. The Morgan fingerprint density at radius 1 is 1.60 bits per heavy atom. The molecular weight excluding hydrogens is 194 g/mol. The van der Waals surface area contributed by atoms with Crippen molar-refractivity contribution in [1.29, 1.82) is 5.26 Å². The van der Waals surface area contributed by atoms with Gasteiger partial charge in [0.15, 0.2) is 0 Å². The van der Waals surface area contributed by atoms with Crippen LogP contribution in [-0.4, -0.2) is 25.3 Å². The second-order valence-corrected chi connectivity index (χ2v) is 3.05. The lowest BCUT2D eigenvalue weighted by molar-refractivity contribution is -0.156. The van der Waals surface area contributed by atoms with Crippen LogP contribution in [0.1, 0.15) is 20.3 Å². The van der Waals surface area contributed by atoms with Crippen molar-refractivity contribution in [2.24, 2.45) is 5.92 Å². The molecule has 0 N–H and O–H groups in total. The van der Waals surface area contributed by atoms with Gasteiger partial charge >= 0.3 is 5.97 Å². The van der Waals surface area contributed by atoms with Crippen LogP contribution in [0, 0.1) is 29.6 Å². The van der Waals surface area contributed by atoms with Crippen molar-refractivity contribution in [3.8, 4) is 18.4 Å². The Labute approximate surface area is 90.2 Å². The van der Waals surface area contributed by atoms with E-state index in [0.717, 1.165) is 6.42 Å². The van der Waals surface area contributed by atoms with Gasteiger partial charge in [-0.2, -0.15) is 5.26 Å². The summed E-state index contributed by atoms with van der Waals surface area (Å²) < 4.78 is 10.1. The first-order valence-electron chi connectivity index (χ1n) is 4.69. The highest BCUT2D eigenvalue weighted by Crippen LogP contribution is 2.09. The zero-order valence-corrected chi connectivity index (χ0v) is 9.19. The molecule has 3 atom stereocenters. The zero-order valence-electron chi connectivity index (χ0n) is 9.19. The molecule has 4 nitrogen and oxygen atoms in total. The fourth-order valence-electron chi connectivity index (χ4n) is 1.18. The third-order valence-corrected chi connectivity index (χ3v) is 2.06. The average molecular weight is 209 g/mol. The van der Waals surface area contributed by atoms with Gasteiger partial charge in [-0.1, -0.05) is 12.8 Å². The lowest BCUT2D eigenvalue weighted by Gasteiger charge is -2.21. The van der Waals surface area contributed by atoms with Crippen LogP contribution in [0.15, 0.2) is 0 Å². The third-order valence-electron chi connectivity index (χ3n) is 2.06. The van der Waals surface area contributed by atoms with E-state index in [4.69, 9.17) is 21.2 Å². The number of ether oxygens (including phenoxy) is 2. The summed E-state index contributed by atoms with van der Waals surface area (Å²) in [4.78, 5) is 11.3. The molecule has 0 spiro atoms. The first-order chi connectivity index (χ1) is 7.10. The van der Waals surface area contributed by atoms with E-state index in [1.807, 2.05) is 6.92 Å². The van der Waals surface area contributed by atoms with Crippen LogP contribution in [0.5, 0.6) is 0 Å². The van der Waals surface area contributed by atoms with Crippen LogP contribution in [0.25, 0.3) is 0 Å². The van der Waals surface area contributed by atoms with Gasteiger partial charge in [0.25, 0.3) is 0 Å². The molecule has 0 aliphatic carbocycles. The van der Waals surface area contributed by atoms with Gasteiger partial charge in [0.05, 0.1) is 12.2 Å². The number of methoxy groups -OCH3 is 1. The molecule has 15 heavy (non-hydrogen) atoms. The molecule has 0 radical (unpaired) electrons. The number of esters is 1. The second kappa shape index (κ2) is 6.86. The van der Waals surface area contributed by atoms with Crippen LogP contribution in [0.3, 0.4) is 0 Å². The van der Waals surface area contributed by atoms with E-state index in [-0.39, 0.29) is 6.10 Å². The Balaban J connectivity index is 4.30. The maximum Gasteiger partial charge on any atom is 0.336 e. The van der Waals surface area contributed by atoms with Gasteiger partial charge in [-0.15, -0.1) is 6.42 Å². The Morgan fingerprint density at radius 2 is 2.20 bits per heavy atom. The number of nitrogens with zero attached hydrogens (tertiary/aromatic N) is 1. The Bertz CT molecular complexity index is 269. The molecule has 4 heteroatoms. The molecule has 0 saturated carbocycles. The van der Waals surface area contributed by atoms with E-state index in [9.17, 15) is 4.79 Å². The molecule has 0 aliphatic heterocycles. The topological polar surface area (TPSA) is 59.3 Å². The monoisotopic (exact) mass is 209 g/mol. The van der Waals surface area contributed by atoms with Crippen LogP contribution in [0.2, 0.25) is 0 Å². The summed E-state index contributed by atoms with van der Waals surface area (Å²) in [5, 5.41) is 8.54. The highest BCUT2D eigenvalue weighted by Gasteiger charge is 2.23. The van der Waals surface area contributed by atoms with Crippen molar-refractivity contribution in [1.82, 2.24) is 0 Å². The van der Waals surface area contributed by atoms with Crippen molar-refractivity contribution < 1.29 is 14.3 Å². The summed E-state index contributed by atoms with van der Waals surface area (Å²) in [5.74, 6) is 0.226. The van der Waals surface area contributed by atoms with Crippen molar-refractivity contribution in [3.05, 3.63) is 0 Å². The second-order valence-electron chi connectivity index (χ2n) is 3.05. The summed E-state index contributed by atoms with van der Waals surface area (Å²) in [6.07, 6.45) is 5.14. The minimum atomic E-state index is -1.14. The van der Waals surface area contributed by atoms with Gasteiger partial charge in [-0.05, 0) is 13.3 Å². The molecule has 0 aromatic carbocycles. The first kappa shape index (κ1) is 13.5. The van der Waals surface area contributed by atoms with Gasteiger partial charge < -0.3 is 9.47 Å². The van der Waals surface area contributed by atoms with Crippen molar-refractivity contribution in [3.63, 3.8) is 0 Å². The number of carbonyl (C=O) groups excluding carboxylic acids is 1. The van der Waals surface area contributed by atoms with E-state index < -0.39 is 18.0 Å². The molecule has 0 saturated heterocycles. The molecule has 0 aromatic rings. The van der Waals surface area contributed by atoms with Crippen LogP contribution in [0.4, 0.5) is 0 Å². The molecule has 0 bridgehead atoms. The fourth-order valence-corrected chi connectivity index (χ4v) is 1.18. The van der Waals surface area contributed by atoms with E-state index >= 15 is 0 Å². The molecule has 3 unspecified atom stereocenters. The van der Waals surface area contributed by atoms with Gasteiger partial charge in [0.2, 0.25) is 5.92 Å². The number of carbonyl (C=O) groups is 1. The standard InChI is InChI=1S/C11H15NO3/c1-5-9(7-12)11(13)15-8(3)10(6-2)14-4/h1,8-10H,6H2,2-4H3. The minimum absolute atomic E-state index is 0.175. The van der Waals surface area contributed by atoms with Crippen LogP contribution in [-0.2, 0) is 14.3 Å². The van der Waals surface area contributed by atoms with E-state index in [1.165, 1.54) is 0 Å². The molecule has 0 amide bonds. The Morgan fingerprint density at radius 3 is 2.53 bits per heavy atom. The van der Waals surface area contributed by atoms with Gasteiger partial charge in [0, 0.05) is 7.11 Å².